The molecule has 68 heavy (non-hydrogen) atoms. The van der Waals surface area contributed by atoms with E-state index in [0.717, 1.165) is 72.5 Å². The molecule has 0 radical (unpaired) electrons. The topological polar surface area (TPSA) is 50.9 Å². The predicted octanol–water partition coefficient (Wildman–Crippen LogP) is 17.1. The number of nitrogens with zero attached hydrogens (tertiary/aromatic N) is 3. The average Bonchev–Trinajstić information content (AvgIpc) is 3.72. The van der Waals surface area contributed by atoms with Crippen molar-refractivity contribution in [3.63, 3.8) is 0 Å². The van der Waals surface area contributed by atoms with Gasteiger partial charge in [0.2, 0.25) is 0 Å². The van der Waals surface area contributed by atoms with Gasteiger partial charge in [0.15, 0.2) is 0 Å². The largest absolute Gasteiger partial charge is 0.507 e. The van der Waals surface area contributed by atoms with Gasteiger partial charge in [-0.3, -0.25) is 9.55 Å². The number of rotatable bonds is 9. The number of hydrogen-bond donors (Lipinski definition) is 1. The Morgan fingerprint density at radius 2 is 1.21 bits per heavy atom. The first-order valence-electron chi connectivity index (χ1n) is 25.6. The minimum absolute atomic E-state index is 0. The molecule has 7 aromatic carbocycles. The molecule has 2 aromatic heterocycles. The van der Waals surface area contributed by atoms with E-state index in [2.05, 4.69) is 96.1 Å². The molecule has 0 bridgehead atoms. The molecular formula is C63H62N3OPt-. The van der Waals surface area contributed by atoms with Crippen LogP contribution >= 0.6 is 0 Å². The summed E-state index contributed by atoms with van der Waals surface area (Å²) in [6, 6.07) is 53.7. The predicted molar refractivity (Wildman–Crippen MR) is 282 cm³/mol. The van der Waals surface area contributed by atoms with Crippen molar-refractivity contribution in [2.24, 2.45) is 0 Å². The number of para-hydroxylation sites is 1. The number of hydrogen-bond acceptors (Lipinski definition) is 3. The van der Waals surface area contributed by atoms with Crippen molar-refractivity contribution >= 4 is 11.0 Å². The molecule has 0 amide bonds. The van der Waals surface area contributed by atoms with Gasteiger partial charge in [-0.2, -0.15) is 0 Å². The maximum atomic E-state index is 12.6. The fourth-order valence-electron chi connectivity index (χ4n) is 8.87. The van der Waals surface area contributed by atoms with Crippen molar-refractivity contribution in [3.8, 4) is 78.6 Å². The van der Waals surface area contributed by atoms with E-state index in [4.69, 9.17) is 16.8 Å². The monoisotopic (exact) mass is 1080 g/mol. The van der Waals surface area contributed by atoms with Crippen LogP contribution in [-0.4, -0.2) is 19.6 Å². The van der Waals surface area contributed by atoms with Gasteiger partial charge in [0.05, 0.1) is 22.3 Å². The third-order valence-corrected chi connectivity index (χ3v) is 12.8. The Kier molecular flexibility index (Phi) is 11.7. The number of phenolic OH excluding ortho intramolecular Hbond substituents is 1. The van der Waals surface area contributed by atoms with E-state index in [1.54, 1.807) is 6.07 Å². The van der Waals surface area contributed by atoms with Crippen LogP contribution in [0.2, 0.25) is 0 Å². The summed E-state index contributed by atoms with van der Waals surface area (Å²) in [6.45, 7) is 17.3. The van der Waals surface area contributed by atoms with Crippen LogP contribution in [0.3, 0.4) is 0 Å². The fourth-order valence-corrected chi connectivity index (χ4v) is 8.87. The summed E-state index contributed by atoms with van der Waals surface area (Å²) >= 11 is 0. The Labute approximate surface area is 425 Å². The van der Waals surface area contributed by atoms with Crippen molar-refractivity contribution in [3.05, 3.63) is 192 Å². The van der Waals surface area contributed by atoms with Gasteiger partial charge in [-0.15, -0.1) is 23.8 Å². The summed E-state index contributed by atoms with van der Waals surface area (Å²) in [6.07, 6.45) is 1.83. The molecule has 2 heterocycles. The van der Waals surface area contributed by atoms with Gasteiger partial charge < -0.3 is 5.11 Å². The molecule has 1 N–H and O–H groups in total. The molecule has 0 fully saturated rings. The number of benzene rings is 7. The van der Waals surface area contributed by atoms with Crippen LogP contribution in [-0.2, 0) is 31.9 Å². The second-order valence-electron chi connectivity index (χ2n) is 20.3. The van der Waals surface area contributed by atoms with Gasteiger partial charge in [0, 0.05) is 45.4 Å². The molecule has 4 nitrogen and oxygen atoms in total. The second-order valence-corrected chi connectivity index (χ2v) is 20.3. The molecule has 0 aliphatic heterocycles. The number of aromatic nitrogens is 3. The molecule has 0 spiro atoms. The van der Waals surface area contributed by atoms with E-state index in [1.807, 2.05) is 136 Å². The van der Waals surface area contributed by atoms with Crippen LogP contribution < -0.4 is 0 Å². The van der Waals surface area contributed by atoms with Crippen molar-refractivity contribution in [1.82, 2.24) is 14.5 Å². The first-order valence-corrected chi connectivity index (χ1v) is 23.1. The molecule has 0 unspecified atom stereocenters. The molecule has 5 heteroatoms. The fraction of sp³-hybridized carbons (Fsp3) is 0.238. The van der Waals surface area contributed by atoms with Crippen molar-refractivity contribution in [2.75, 3.05) is 0 Å². The Hall–Kier alpha value is -6.35. The Morgan fingerprint density at radius 1 is 0.588 bits per heavy atom. The van der Waals surface area contributed by atoms with Crippen molar-refractivity contribution in [2.45, 2.75) is 98.7 Å². The zero-order chi connectivity index (χ0) is 51.7. The normalized spacial score (nSPS) is 13.5. The van der Waals surface area contributed by atoms with E-state index < -0.39 is 24.1 Å². The van der Waals surface area contributed by atoms with Crippen molar-refractivity contribution in [1.29, 1.82) is 0 Å². The molecule has 346 valence electrons. The van der Waals surface area contributed by atoms with Gasteiger partial charge >= 0.3 is 0 Å². The SMILES string of the molecule is [2H]C([2H])([2H])c1cc(-c2cc(C([2H])(C)C)cc(C([2H])(C)C)c2)ccc1-n1c(-c2cc(C(C)(C)C)cc(C(C)(C)C)c2O)nc2c(-c3[c-]c(-c4cc(-c5ccccc5)ccn4)cc(-c4ccccc4)c3)cccc21.[Pt]. The molecule has 0 aliphatic rings. The zero-order valence-electron chi connectivity index (χ0n) is 45.6. The molecule has 0 saturated carbocycles. The van der Waals surface area contributed by atoms with Gasteiger partial charge in [-0.25, -0.2) is 4.98 Å². The van der Waals surface area contributed by atoms with Crippen LogP contribution in [0.5, 0.6) is 5.75 Å². The second kappa shape index (κ2) is 19.0. The van der Waals surface area contributed by atoms with Crippen LogP contribution in [0.4, 0.5) is 0 Å². The quantitative estimate of drug-likeness (QED) is 0.147. The number of fused-ring (bicyclic) bond motifs is 1. The molecule has 0 aliphatic carbocycles. The van der Waals surface area contributed by atoms with E-state index in [0.29, 0.717) is 33.7 Å². The van der Waals surface area contributed by atoms with Crippen LogP contribution in [0, 0.1) is 12.9 Å². The van der Waals surface area contributed by atoms with Gasteiger partial charge in [0.25, 0.3) is 0 Å². The summed E-state index contributed by atoms with van der Waals surface area (Å²) in [5.41, 5.74) is 13.1. The van der Waals surface area contributed by atoms with E-state index >= 15 is 0 Å². The van der Waals surface area contributed by atoms with Gasteiger partial charge in [0.1, 0.15) is 11.6 Å². The third-order valence-electron chi connectivity index (χ3n) is 12.8. The molecular weight excluding hydrogens is 1010 g/mol. The summed E-state index contributed by atoms with van der Waals surface area (Å²) in [7, 11) is 0. The summed E-state index contributed by atoms with van der Waals surface area (Å²) in [5.74, 6) is -1.48. The maximum Gasteiger partial charge on any atom is 0.148 e. The van der Waals surface area contributed by atoms with Crippen LogP contribution in [0.1, 0.15) is 116 Å². The Bertz CT molecular complexity index is 3470. The first-order chi connectivity index (χ1) is 33.8. The minimum Gasteiger partial charge on any atom is -0.507 e. The Morgan fingerprint density at radius 3 is 1.82 bits per heavy atom. The molecule has 0 atom stereocenters. The number of pyridine rings is 1. The molecule has 9 rings (SSSR count). The van der Waals surface area contributed by atoms with Gasteiger partial charge in [-0.1, -0.05) is 195 Å². The first kappa shape index (κ1) is 41.8. The van der Waals surface area contributed by atoms with E-state index in [9.17, 15) is 5.11 Å². The third kappa shape index (κ3) is 9.54. The smallest absolute Gasteiger partial charge is 0.148 e. The standard InChI is InChI=1S/C63H62N3O.Pt/c1-39(2)46-30-47(40(3)4)32-49(31-46)44-25-26-57(41(5)29-44)66-58-24-18-23-53(59(58)65-61(66)54-37-52(62(6,7)8)38-55(60(54)67)63(9,10)11)50-33-48(43-21-16-13-17-22-43)34-51(35-50)56-36-45(27-28-64-56)42-19-14-12-15-20-42;/h12-34,36-40,67H,1-11H3;/q-1;/i5D3,39D,40D;. The minimum atomic E-state index is -2.61. The Balaban J connectivity index is 0.00000711. The van der Waals surface area contributed by atoms with Crippen LogP contribution in [0.25, 0.3) is 83.9 Å². The summed E-state index contributed by atoms with van der Waals surface area (Å²) in [4.78, 5) is 10.4. The number of aryl methyl sites for hydroxylation is 1. The van der Waals surface area contributed by atoms with E-state index in [-0.39, 0.29) is 37.8 Å². The zero-order valence-corrected chi connectivity index (χ0v) is 42.9. The number of phenols is 1. The number of imidazole rings is 1. The average molecular weight is 1080 g/mol. The molecule has 9 aromatic rings. The number of aromatic hydroxyl groups is 1. The van der Waals surface area contributed by atoms with Crippen molar-refractivity contribution < 1.29 is 33.0 Å². The van der Waals surface area contributed by atoms with Gasteiger partial charge in [-0.05, 0) is 110 Å². The summed E-state index contributed by atoms with van der Waals surface area (Å²) < 4.78 is 47.3. The van der Waals surface area contributed by atoms with Crippen LogP contribution in [0.15, 0.2) is 158 Å². The molecule has 0 saturated heterocycles. The summed E-state index contributed by atoms with van der Waals surface area (Å²) in [5, 5.41) is 12.6. The van der Waals surface area contributed by atoms with E-state index in [1.165, 1.54) is 0 Å². The maximum absolute atomic E-state index is 12.6.